The zero-order chi connectivity index (χ0) is 30.4. The van der Waals surface area contributed by atoms with E-state index in [1.807, 2.05) is 6.07 Å². The molecule has 0 saturated carbocycles. The molecule has 0 bridgehead atoms. The first-order chi connectivity index (χ1) is 19.8. The van der Waals surface area contributed by atoms with Gasteiger partial charge in [0, 0.05) is 16.7 Å². The highest BCUT2D eigenvalue weighted by atomic mass is 16.3. The molecule has 0 spiro atoms. The van der Waals surface area contributed by atoms with E-state index in [1.54, 1.807) is 0 Å². The minimum Gasteiger partial charge on any atom is -0.507 e. The van der Waals surface area contributed by atoms with Crippen LogP contribution in [0.1, 0.15) is 98.1 Å². The average molecular weight is 560 g/mol. The van der Waals surface area contributed by atoms with E-state index in [-0.39, 0.29) is 22.9 Å². The lowest BCUT2D eigenvalue weighted by Gasteiger charge is -2.29. The van der Waals surface area contributed by atoms with Crippen molar-refractivity contribution in [3.8, 4) is 5.75 Å². The lowest BCUT2D eigenvalue weighted by Crippen LogP contribution is -2.27. The van der Waals surface area contributed by atoms with Crippen molar-refractivity contribution in [3.63, 3.8) is 0 Å². The van der Waals surface area contributed by atoms with Gasteiger partial charge >= 0.3 is 0 Å². The Balaban J connectivity index is 1.75. The summed E-state index contributed by atoms with van der Waals surface area (Å²) >= 11 is 0. The number of benzene rings is 4. The van der Waals surface area contributed by atoms with E-state index < -0.39 is 0 Å². The number of phenolic OH excluding ortho intramolecular Hbond substituents is 1. The molecule has 218 valence electrons. The number of aryl methyl sites for hydroxylation is 3. The van der Waals surface area contributed by atoms with Crippen molar-refractivity contribution in [2.24, 2.45) is 0 Å². The fraction of sp³-hybridized carbons (Fsp3) is 0.359. The van der Waals surface area contributed by atoms with Gasteiger partial charge < -0.3 is 5.11 Å². The predicted octanol–water partition coefficient (Wildman–Crippen LogP) is 9.46. The summed E-state index contributed by atoms with van der Waals surface area (Å²) in [4.78, 5) is 2.48. The molecule has 4 aromatic rings. The van der Waals surface area contributed by atoms with Crippen LogP contribution in [0, 0.1) is 20.8 Å². The van der Waals surface area contributed by atoms with Crippen LogP contribution in [-0.2, 0) is 17.4 Å². The fourth-order valence-electron chi connectivity index (χ4n) is 6.68. The molecule has 3 heteroatoms. The maximum absolute atomic E-state index is 11.6. The van der Waals surface area contributed by atoms with Crippen LogP contribution in [0.2, 0.25) is 0 Å². The van der Waals surface area contributed by atoms with Crippen LogP contribution < -0.4 is 4.90 Å². The molecule has 2 atom stereocenters. The molecule has 0 fully saturated rings. The van der Waals surface area contributed by atoms with Crippen molar-refractivity contribution < 1.29 is 9.68 Å². The minimum atomic E-state index is -0.126. The second-order valence-electron chi connectivity index (χ2n) is 14.2. The second kappa shape index (κ2) is 11.1. The molecule has 42 heavy (non-hydrogen) atoms. The highest BCUT2D eigenvalue weighted by Crippen LogP contribution is 2.46. The number of hydrogen-bond acceptors (Lipinski definition) is 2. The third-order valence-electron chi connectivity index (χ3n) is 8.65. The van der Waals surface area contributed by atoms with E-state index in [4.69, 9.17) is 0 Å². The third kappa shape index (κ3) is 5.75. The zero-order valence-electron chi connectivity index (χ0n) is 26.9. The van der Waals surface area contributed by atoms with E-state index in [2.05, 4.69) is 157 Å². The topological polar surface area (TPSA) is 26.5 Å². The molecule has 4 aromatic carbocycles. The molecule has 5 rings (SSSR count). The average Bonchev–Trinajstić information content (AvgIpc) is 3.27. The van der Waals surface area contributed by atoms with Gasteiger partial charge in [-0.3, -0.25) is 4.58 Å². The van der Waals surface area contributed by atoms with Gasteiger partial charge in [0.25, 0.3) is 0 Å². The van der Waals surface area contributed by atoms with Gasteiger partial charge in [0.05, 0.1) is 0 Å². The van der Waals surface area contributed by atoms with Crippen molar-refractivity contribution in [2.75, 3.05) is 4.90 Å². The Bertz CT molecular complexity index is 1580. The van der Waals surface area contributed by atoms with E-state index in [9.17, 15) is 5.11 Å². The van der Waals surface area contributed by atoms with Gasteiger partial charge in [-0.2, -0.15) is 0 Å². The third-order valence-corrected chi connectivity index (χ3v) is 8.65. The molecule has 1 aliphatic heterocycles. The Morgan fingerprint density at radius 1 is 0.714 bits per heavy atom. The summed E-state index contributed by atoms with van der Waals surface area (Å²) in [5.41, 5.74) is 10.8. The molecule has 0 aromatic heterocycles. The van der Waals surface area contributed by atoms with Gasteiger partial charge in [0.2, 0.25) is 6.34 Å². The Morgan fingerprint density at radius 3 is 1.79 bits per heavy atom. The highest BCUT2D eigenvalue weighted by Gasteiger charge is 2.46. The van der Waals surface area contributed by atoms with Crippen LogP contribution in [0.15, 0.2) is 84.9 Å². The molecular formula is C39H47N2O+. The van der Waals surface area contributed by atoms with Gasteiger partial charge in [0.15, 0.2) is 12.1 Å². The molecular weight excluding hydrogens is 512 g/mol. The molecule has 1 heterocycles. The van der Waals surface area contributed by atoms with Gasteiger partial charge in [0.1, 0.15) is 18.0 Å². The van der Waals surface area contributed by atoms with Crippen LogP contribution in [0.5, 0.6) is 5.75 Å². The summed E-state index contributed by atoms with van der Waals surface area (Å²) < 4.78 is 2.45. The van der Waals surface area contributed by atoms with E-state index in [0.717, 1.165) is 11.1 Å². The molecule has 3 nitrogen and oxygen atoms in total. The van der Waals surface area contributed by atoms with Gasteiger partial charge in [-0.25, -0.2) is 4.90 Å². The summed E-state index contributed by atoms with van der Waals surface area (Å²) in [7, 11) is 0. The van der Waals surface area contributed by atoms with E-state index >= 15 is 0 Å². The first kappa shape index (κ1) is 29.6. The first-order valence-electron chi connectivity index (χ1n) is 15.2. The summed E-state index contributed by atoms with van der Waals surface area (Å²) in [5, 5.41) is 11.6. The summed E-state index contributed by atoms with van der Waals surface area (Å²) in [6.45, 7) is 20.6. The summed E-state index contributed by atoms with van der Waals surface area (Å²) in [5.74, 6) is 0.380. The van der Waals surface area contributed by atoms with Crippen LogP contribution >= 0.6 is 0 Å². The minimum absolute atomic E-state index is 0.0446. The Hall–Kier alpha value is -3.85. The predicted molar refractivity (Wildman–Crippen MR) is 177 cm³/mol. The number of aromatic hydroxyl groups is 1. The number of hydrogen-bond donors (Lipinski definition) is 1. The van der Waals surface area contributed by atoms with Crippen molar-refractivity contribution >= 4 is 12.0 Å². The van der Waals surface area contributed by atoms with Crippen LogP contribution in [-0.4, -0.2) is 16.0 Å². The number of nitrogens with zero attached hydrogens (tertiary/aromatic N) is 2. The molecule has 0 amide bonds. The van der Waals surface area contributed by atoms with Crippen molar-refractivity contribution in [1.29, 1.82) is 0 Å². The molecule has 0 saturated heterocycles. The smallest absolute Gasteiger partial charge is 0.240 e. The van der Waals surface area contributed by atoms with Gasteiger partial charge in [-0.05, 0) is 59.9 Å². The fourth-order valence-corrected chi connectivity index (χ4v) is 6.68. The van der Waals surface area contributed by atoms with Crippen LogP contribution in [0.25, 0.3) is 0 Å². The standard InChI is InChI=1S/C39H46N2O/c1-26-20-27(2)35(28(3)21-26)41-25-40(24-32-33(39(7,8)9)22-31(23-34(32)42)38(4,5)6)36(29-16-12-10-13-17-29)37(41)30-18-14-11-15-19-30/h10-23,25,36-37H,24H2,1-9H3/p+1/t36-,37-/m1/s1. The van der Waals surface area contributed by atoms with Crippen LogP contribution in [0.3, 0.4) is 0 Å². The maximum Gasteiger partial charge on any atom is 0.240 e. The highest BCUT2D eigenvalue weighted by molar-refractivity contribution is 5.83. The molecule has 1 N–H and O–H groups in total. The van der Waals surface area contributed by atoms with E-state index in [0.29, 0.717) is 12.3 Å². The summed E-state index contributed by atoms with van der Waals surface area (Å²) in [6.07, 6.45) is 2.31. The molecule has 1 aliphatic rings. The Morgan fingerprint density at radius 2 is 1.26 bits per heavy atom. The lowest BCUT2D eigenvalue weighted by molar-refractivity contribution is -0.579. The number of rotatable bonds is 5. The monoisotopic (exact) mass is 559 g/mol. The van der Waals surface area contributed by atoms with Gasteiger partial charge in [-0.1, -0.05) is 126 Å². The van der Waals surface area contributed by atoms with Gasteiger partial charge in [-0.15, -0.1) is 0 Å². The Kier molecular flexibility index (Phi) is 7.83. The molecule has 0 unspecified atom stereocenters. The normalized spacial score (nSPS) is 17.5. The van der Waals surface area contributed by atoms with Crippen molar-refractivity contribution in [3.05, 3.63) is 129 Å². The maximum atomic E-state index is 11.6. The second-order valence-corrected chi connectivity index (χ2v) is 14.2. The number of anilines is 1. The first-order valence-corrected chi connectivity index (χ1v) is 15.2. The van der Waals surface area contributed by atoms with E-state index in [1.165, 1.54) is 39.1 Å². The van der Waals surface area contributed by atoms with Crippen molar-refractivity contribution in [1.82, 2.24) is 0 Å². The SMILES string of the molecule is Cc1cc(C)c(N2C=[N+](Cc3c(O)cc(C(C)(C)C)cc3C(C)(C)C)[C@H](c3ccccc3)[C@H]2c2ccccc2)c(C)c1. The molecule has 0 aliphatic carbocycles. The largest absolute Gasteiger partial charge is 0.507 e. The summed E-state index contributed by atoms with van der Waals surface area (Å²) in [6, 6.07) is 30.7. The van der Waals surface area contributed by atoms with Crippen LogP contribution in [0.4, 0.5) is 5.69 Å². The quantitative estimate of drug-likeness (QED) is 0.247. The Labute approximate surface area is 253 Å². The zero-order valence-corrected chi connectivity index (χ0v) is 26.9. The lowest BCUT2D eigenvalue weighted by atomic mass is 9.78. The molecule has 0 radical (unpaired) electrons. The number of phenols is 1. The van der Waals surface area contributed by atoms with Crippen molar-refractivity contribution in [2.45, 2.75) is 91.8 Å².